The molecule has 98 valence electrons. The Kier molecular flexibility index (Phi) is 4.94. The van der Waals surface area contributed by atoms with Crippen LogP contribution in [-0.2, 0) is 4.79 Å². The van der Waals surface area contributed by atoms with Gasteiger partial charge in [0.1, 0.15) is 5.54 Å². The van der Waals surface area contributed by atoms with Crippen LogP contribution in [0.2, 0.25) is 6.32 Å². The molecular formula is C10H21BN2O4. The van der Waals surface area contributed by atoms with Crippen molar-refractivity contribution in [3.63, 3.8) is 0 Å². The number of hydrogen-bond donors (Lipinski definition) is 5. The maximum atomic E-state index is 11.2. The Bertz CT molecular complexity index is 277. The van der Waals surface area contributed by atoms with Crippen molar-refractivity contribution in [3.05, 3.63) is 0 Å². The first-order chi connectivity index (χ1) is 7.90. The van der Waals surface area contributed by atoms with Gasteiger partial charge in [0.25, 0.3) is 0 Å². The van der Waals surface area contributed by atoms with E-state index in [4.69, 9.17) is 21.5 Å². The lowest BCUT2D eigenvalue weighted by molar-refractivity contribution is -0.147. The minimum atomic E-state index is -1.33. The normalized spacial score (nSPS) is 33.4. The number of hydrogen-bond acceptors (Lipinski definition) is 5. The predicted octanol–water partition coefficient (Wildman–Crippen LogP) is -0.994. The Morgan fingerprint density at radius 1 is 1.41 bits per heavy atom. The van der Waals surface area contributed by atoms with Gasteiger partial charge in [-0.2, -0.15) is 0 Å². The lowest BCUT2D eigenvalue weighted by Gasteiger charge is -2.41. The maximum Gasteiger partial charge on any atom is 0.451 e. The molecule has 0 aliphatic heterocycles. The standard InChI is InChI=1S/C10H21BN2O4/c12-6-8-2-1-7(3-4-11(16)17)5-10(8,13)9(14)15/h7-8,16-17H,1-6,12-13H2,(H,14,15)/t7-,8+,10+/m0/s1. The van der Waals surface area contributed by atoms with E-state index >= 15 is 0 Å². The van der Waals surface area contributed by atoms with E-state index in [9.17, 15) is 9.90 Å². The molecule has 1 saturated carbocycles. The molecule has 0 spiro atoms. The van der Waals surface area contributed by atoms with Gasteiger partial charge < -0.3 is 26.6 Å². The van der Waals surface area contributed by atoms with Crippen LogP contribution in [0.3, 0.4) is 0 Å². The van der Waals surface area contributed by atoms with Crippen LogP contribution in [0.5, 0.6) is 0 Å². The molecule has 1 rings (SSSR count). The second kappa shape index (κ2) is 5.81. The van der Waals surface area contributed by atoms with Gasteiger partial charge in [-0.3, -0.25) is 4.79 Å². The van der Waals surface area contributed by atoms with Crippen LogP contribution in [-0.4, -0.2) is 40.3 Å². The summed E-state index contributed by atoms with van der Waals surface area (Å²) < 4.78 is 0. The summed E-state index contributed by atoms with van der Waals surface area (Å²) in [6.45, 7) is 0.276. The zero-order valence-corrected chi connectivity index (χ0v) is 9.88. The highest BCUT2D eigenvalue weighted by molar-refractivity contribution is 6.40. The van der Waals surface area contributed by atoms with E-state index in [2.05, 4.69) is 0 Å². The van der Waals surface area contributed by atoms with Gasteiger partial charge >= 0.3 is 13.1 Å². The quantitative estimate of drug-likeness (QED) is 0.394. The Morgan fingerprint density at radius 3 is 2.53 bits per heavy atom. The molecule has 0 amide bonds. The van der Waals surface area contributed by atoms with E-state index in [1.54, 1.807) is 0 Å². The first kappa shape index (κ1) is 14.4. The van der Waals surface area contributed by atoms with E-state index in [0.29, 0.717) is 19.3 Å². The minimum Gasteiger partial charge on any atom is -0.480 e. The summed E-state index contributed by atoms with van der Waals surface area (Å²) >= 11 is 0. The topological polar surface area (TPSA) is 130 Å². The van der Waals surface area contributed by atoms with Crippen LogP contribution in [0.4, 0.5) is 0 Å². The number of carbonyl (C=O) groups is 1. The van der Waals surface area contributed by atoms with E-state index < -0.39 is 18.6 Å². The third kappa shape index (κ3) is 3.42. The molecule has 0 aromatic carbocycles. The monoisotopic (exact) mass is 244 g/mol. The fourth-order valence-electron chi connectivity index (χ4n) is 2.66. The number of aliphatic carboxylic acids is 1. The van der Waals surface area contributed by atoms with Gasteiger partial charge in [-0.15, -0.1) is 0 Å². The molecule has 0 heterocycles. The van der Waals surface area contributed by atoms with Gasteiger partial charge in [0.05, 0.1) is 0 Å². The number of nitrogens with two attached hydrogens (primary N) is 2. The fourth-order valence-corrected chi connectivity index (χ4v) is 2.66. The van der Waals surface area contributed by atoms with Gasteiger partial charge in [0.2, 0.25) is 0 Å². The van der Waals surface area contributed by atoms with E-state index in [-0.39, 0.29) is 24.7 Å². The smallest absolute Gasteiger partial charge is 0.451 e. The van der Waals surface area contributed by atoms with Crippen LogP contribution < -0.4 is 11.5 Å². The molecule has 0 aromatic heterocycles. The maximum absolute atomic E-state index is 11.2. The van der Waals surface area contributed by atoms with Crippen LogP contribution >= 0.6 is 0 Å². The molecule has 0 radical (unpaired) electrons. The molecule has 0 saturated heterocycles. The van der Waals surface area contributed by atoms with Crippen LogP contribution in [0.1, 0.15) is 25.7 Å². The fraction of sp³-hybridized carbons (Fsp3) is 0.900. The van der Waals surface area contributed by atoms with E-state index in [0.717, 1.165) is 6.42 Å². The molecule has 7 heteroatoms. The van der Waals surface area contributed by atoms with E-state index in [1.807, 2.05) is 0 Å². The van der Waals surface area contributed by atoms with Gasteiger partial charge in [0, 0.05) is 0 Å². The minimum absolute atomic E-state index is 0.126. The third-order valence-electron chi connectivity index (χ3n) is 3.79. The van der Waals surface area contributed by atoms with Gasteiger partial charge in [-0.1, -0.05) is 6.42 Å². The average Bonchev–Trinajstić information content (AvgIpc) is 2.26. The Labute approximate surface area is 101 Å². The summed E-state index contributed by atoms with van der Waals surface area (Å²) in [5.74, 6) is -1.09. The highest BCUT2D eigenvalue weighted by Crippen LogP contribution is 2.37. The van der Waals surface area contributed by atoms with Crippen molar-refractivity contribution in [2.75, 3.05) is 6.54 Å². The molecule has 1 fully saturated rings. The summed E-state index contributed by atoms with van der Waals surface area (Å²) in [7, 11) is -1.33. The lowest BCUT2D eigenvalue weighted by atomic mass is 9.66. The molecule has 0 bridgehead atoms. The highest BCUT2D eigenvalue weighted by atomic mass is 16.4. The van der Waals surface area contributed by atoms with Gasteiger partial charge in [-0.05, 0) is 44.0 Å². The number of rotatable bonds is 5. The molecule has 6 nitrogen and oxygen atoms in total. The Hall–Kier alpha value is -0.625. The van der Waals surface area contributed by atoms with E-state index in [1.165, 1.54) is 0 Å². The van der Waals surface area contributed by atoms with Crippen LogP contribution in [0.15, 0.2) is 0 Å². The highest BCUT2D eigenvalue weighted by Gasteiger charge is 2.46. The molecule has 1 aliphatic rings. The largest absolute Gasteiger partial charge is 0.480 e. The predicted molar refractivity (Wildman–Crippen MR) is 64.1 cm³/mol. The van der Waals surface area contributed by atoms with Gasteiger partial charge in [-0.25, -0.2) is 0 Å². The van der Waals surface area contributed by atoms with Crippen molar-refractivity contribution < 1.29 is 19.9 Å². The average molecular weight is 244 g/mol. The van der Waals surface area contributed by atoms with Crippen LogP contribution in [0, 0.1) is 11.8 Å². The summed E-state index contributed by atoms with van der Waals surface area (Å²) in [5, 5.41) is 26.8. The van der Waals surface area contributed by atoms with Crippen molar-refractivity contribution in [1.29, 1.82) is 0 Å². The Balaban J connectivity index is 2.63. The molecule has 1 aliphatic carbocycles. The van der Waals surface area contributed by atoms with Crippen molar-refractivity contribution in [2.24, 2.45) is 23.3 Å². The molecule has 0 aromatic rings. The summed E-state index contributed by atoms with van der Waals surface area (Å²) in [6, 6.07) is 0. The molecule has 0 unspecified atom stereocenters. The lowest BCUT2D eigenvalue weighted by Crippen LogP contribution is -2.59. The summed E-state index contributed by atoms with van der Waals surface area (Å²) in [5.41, 5.74) is 10.2. The Morgan fingerprint density at radius 2 is 2.06 bits per heavy atom. The second-order valence-electron chi connectivity index (χ2n) is 4.98. The van der Waals surface area contributed by atoms with Gasteiger partial charge in [0.15, 0.2) is 0 Å². The second-order valence-corrected chi connectivity index (χ2v) is 4.98. The summed E-state index contributed by atoms with van der Waals surface area (Å²) in [6.07, 6.45) is 2.73. The molecular weight excluding hydrogens is 223 g/mol. The van der Waals surface area contributed by atoms with Crippen molar-refractivity contribution in [2.45, 2.75) is 37.5 Å². The zero-order valence-electron chi connectivity index (χ0n) is 9.88. The first-order valence-electron chi connectivity index (χ1n) is 5.98. The molecule has 17 heavy (non-hydrogen) atoms. The molecule has 7 N–H and O–H groups in total. The van der Waals surface area contributed by atoms with Crippen molar-refractivity contribution in [3.8, 4) is 0 Å². The van der Waals surface area contributed by atoms with Crippen molar-refractivity contribution in [1.82, 2.24) is 0 Å². The van der Waals surface area contributed by atoms with Crippen molar-refractivity contribution >= 4 is 13.1 Å². The number of carboxylic acid groups (broad SMARTS) is 1. The third-order valence-corrected chi connectivity index (χ3v) is 3.79. The first-order valence-corrected chi connectivity index (χ1v) is 5.98. The SMILES string of the molecule is NC[C@H]1CC[C@@H](CCB(O)O)C[C@]1(N)C(=O)O. The van der Waals surface area contributed by atoms with Crippen LogP contribution in [0.25, 0.3) is 0 Å². The summed E-state index contributed by atoms with van der Waals surface area (Å²) in [4.78, 5) is 11.2. The molecule has 3 atom stereocenters. The zero-order chi connectivity index (χ0) is 13.1. The number of carboxylic acids is 1.